The van der Waals surface area contributed by atoms with Crippen molar-refractivity contribution in [3.63, 3.8) is 0 Å². The molecule has 0 heteroatoms. The number of allylic oxidation sites excluding steroid dienone is 9. The zero-order valence-corrected chi connectivity index (χ0v) is 9.09. The van der Waals surface area contributed by atoms with Crippen molar-refractivity contribution in [3.8, 4) is 0 Å². The number of hydrogen-bond acceptors (Lipinski definition) is 0. The van der Waals surface area contributed by atoms with Crippen molar-refractivity contribution < 1.29 is 0 Å². The fraction of sp³-hybridized carbons (Fsp3) is 0.143. The molecule has 0 aromatic heterocycles. The summed E-state index contributed by atoms with van der Waals surface area (Å²) in [5.74, 6) is 0. The molecule has 0 aliphatic rings. The van der Waals surface area contributed by atoms with Crippen LogP contribution < -0.4 is 0 Å². The molecule has 0 aromatic carbocycles. The van der Waals surface area contributed by atoms with Gasteiger partial charge in [-0.1, -0.05) is 61.8 Å². The molecule has 0 heterocycles. The normalized spacial score (nSPS) is 12.3. The van der Waals surface area contributed by atoms with Gasteiger partial charge in [0.25, 0.3) is 0 Å². The fourth-order valence-corrected chi connectivity index (χ4v) is 0.790. The Kier molecular flexibility index (Phi) is 6.13. The van der Waals surface area contributed by atoms with Gasteiger partial charge < -0.3 is 0 Å². The molecule has 0 rings (SSSR count). The van der Waals surface area contributed by atoms with Gasteiger partial charge in [-0.15, -0.1) is 0 Å². The van der Waals surface area contributed by atoms with E-state index in [4.69, 9.17) is 0 Å². The quantitative estimate of drug-likeness (QED) is 0.559. The van der Waals surface area contributed by atoms with Gasteiger partial charge in [-0.3, -0.25) is 0 Å². The van der Waals surface area contributed by atoms with Crippen LogP contribution >= 0.6 is 0 Å². The first kappa shape index (κ1) is 12.4. The van der Waals surface area contributed by atoms with E-state index in [0.717, 1.165) is 16.7 Å². The summed E-state index contributed by atoms with van der Waals surface area (Å²) in [6.45, 7) is 15.3. The second-order valence-electron chi connectivity index (χ2n) is 3.08. The van der Waals surface area contributed by atoms with Crippen LogP contribution in [-0.4, -0.2) is 0 Å². The smallest absolute Gasteiger partial charge is 0.0305 e. The lowest BCUT2D eigenvalue weighted by Gasteiger charge is -1.92. The summed E-state index contributed by atoms with van der Waals surface area (Å²) in [6, 6.07) is 0. The highest BCUT2D eigenvalue weighted by Crippen LogP contribution is 2.03. The maximum atomic E-state index is 3.89. The van der Waals surface area contributed by atoms with Gasteiger partial charge in [0.15, 0.2) is 0 Å². The molecule has 0 saturated heterocycles. The van der Waals surface area contributed by atoms with Gasteiger partial charge in [-0.25, -0.2) is 0 Å². The van der Waals surface area contributed by atoms with Gasteiger partial charge >= 0.3 is 0 Å². The lowest BCUT2D eigenvalue weighted by Crippen LogP contribution is -1.71. The maximum Gasteiger partial charge on any atom is -0.0305 e. The molecule has 0 bridgehead atoms. The minimum absolute atomic E-state index is 0.953. The Morgan fingerprint density at radius 2 is 1.57 bits per heavy atom. The van der Waals surface area contributed by atoms with Crippen molar-refractivity contribution in [2.45, 2.75) is 13.8 Å². The number of hydrogen-bond donors (Lipinski definition) is 0. The molecular formula is C14H18. The molecule has 0 nitrogen and oxygen atoms in total. The Balaban J connectivity index is 4.32. The van der Waals surface area contributed by atoms with Gasteiger partial charge in [0, 0.05) is 0 Å². The first-order chi connectivity index (χ1) is 6.60. The first-order valence-corrected chi connectivity index (χ1v) is 4.59. The van der Waals surface area contributed by atoms with Crippen LogP contribution in [0.25, 0.3) is 0 Å². The van der Waals surface area contributed by atoms with E-state index in [9.17, 15) is 0 Å². The predicted molar refractivity (Wildman–Crippen MR) is 66.2 cm³/mol. The summed E-state index contributed by atoms with van der Waals surface area (Å²) in [7, 11) is 0. The van der Waals surface area contributed by atoms with Crippen LogP contribution in [-0.2, 0) is 0 Å². The van der Waals surface area contributed by atoms with E-state index >= 15 is 0 Å². The van der Waals surface area contributed by atoms with E-state index in [1.54, 1.807) is 0 Å². The highest BCUT2D eigenvalue weighted by Gasteiger charge is 1.83. The van der Waals surface area contributed by atoms with Crippen LogP contribution in [0.5, 0.6) is 0 Å². The molecule has 0 atom stereocenters. The monoisotopic (exact) mass is 186 g/mol. The molecule has 74 valence electrons. The van der Waals surface area contributed by atoms with Crippen molar-refractivity contribution in [1.82, 2.24) is 0 Å². The van der Waals surface area contributed by atoms with Gasteiger partial charge in [0.2, 0.25) is 0 Å². The van der Waals surface area contributed by atoms with Gasteiger partial charge in [0.05, 0.1) is 0 Å². The Morgan fingerprint density at radius 1 is 1.00 bits per heavy atom. The summed E-state index contributed by atoms with van der Waals surface area (Å²) in [5.41, 5.74) is 3.07. The van der Waals surface area contributed by atoms with E-state index in [2.05, 4.69) is 19.7 Å². The van der Waals surface area contributed by atoms with Crippen LogP contribution in [0, 0.1) is 0 Å². The van der Waals surface area contributed by atoms with Crippen molar-refractivity contribution in [1.29, 1.82) is 0 Å². The van der Waals surface area contributed by atoms with E-state index in [1.165, 1.54) is 0 Å². The van der Waals surface area contributed by atoms with Gasteiger partial charge in [-0.05, 0) is 25.0 Å². The molecule has 0 amide bonds. The Hall–Kier alpha value is -1.56. The zero-order valence-electron chi connectivity index (χ0n) is 9.09. The Bertz CT molecular complexity index is 309. The van der Waals surface area contributed by atoms with E-state index < -0.39 is 0 Å². The standard InChI is InChI=1S/C14H18/c1-6-14(7-2)11-10-13(5)9-8-12(3)4/h6-11H,1,3,5H2,2,4H3/b9-8-,11-10+,14-7+. The second-order valence-corrected chi connectivity index (χ2v) is 3.08. The highest BCUT2D eigenvalue weighted by molar-refractivity contribution is 5.37. The average molecular weight is 186 g/mol. The van der Waals surface area contributed by atoms with E-state index in [0.29, 0.717) is 0 Å². The lowest BCUT2D eigenvalue weighted by atomic mass is 10.1. The minimum Gasteiger partial charge on any atom is -0.0985 e. The van der Waals surface area contributed by atoms with Crippen LogP contribution in [0.1, 0.15) is 13.8 Å². The molecule has 0 saturated carbocycles. The third-order valence-electron chi connectivity index (χ3n) is 1.64. The van der Waals surface area contributed by atoms with E-state index in [-0.39, 0.29) is 0 Å². The summed E-state index contributed by atoms with van der Waals surface area (Å²) in [4.78, 5) is 0. The third-order valence-corrected chi connectivity index (χ3v) is 1.64. The van der Waals surface area contributed by atoms with Crippen molar-refractivity contribution >= 4 is 0 Å². The highest BCUT2D eigenvalue weighted by atomic mass is 13.9. The zero-order chi connectivity index (χ0) is 11.0. The first-order valence-electron chi connectivity index (χ1n) is 4.59. The Labute approximate surface area is 87.3 Å². The van der Waals surface area contributed by atoms with Crippen molar-refractivity contribution in [3.05, 3.63) is 72.9 Å². The van der Waals surface area contributed by atoms with Gasteiger partial charge in [-0.2, -0.15) is 0 Å². The van der Waals surface area contributed by atoms with Crippen LogP contribution in [0.2, 0.25) is 0 Å². The SMILES string of the molecule is C=CC(/C=C/C(=C)/C=C\C(=C)C)=C\C. The lowest BCUT2D eigenvalue weighted by molar-refractivity contribution is 1.54. The van der Waals surface area contributed by atoms with Crippen LogP contribution in [0.4, 0.5) is 0 Å². The topological polar surface area (TPSA) is 0 Å². The molecule has 0 N–H and O–H groups in total. The largest absolute Gasteiger partial charge is 0.0985 e. The minimum atomic E-state index is 0.953. The summed E-state index contributed by atoms with van der Waals surface area (Å²) >= 11 is 0. The molecule has 0 aliphatic carbocycles. The molecule has 0 unspecified atom stereocenters. The Morgan fingerprint density at radius 3 is 2.00 bits per heavy atom. The van der Waals surface area contributed by atoms with Crippen LogP contribution in [0.3, 0.4) is 0 Å². The summed E-state index contributed by atoms with van der Waals surface area (Å²) in [5, 5.41) is 0. The predicted octanol–water partition coefficient (Wildman–Crippen LogP) is 4.36. The molecule has 0 spiro atoms. The number of rotatable bonds is 5. The molecular weight excluding hydrogens is 168 g/mol. The van der Waals surface area contributed by atoms with E-state index in [1.807, 2.05) is 50.3 Å². The van der Waals surface area contributed by atoms with Crippen LogP contribution in [0.15, 0.2) is 72.9 Å². The molecule has 0 radical (unpaired) electrons. The molecule has 0 aliphatic heterocycles. The second kappa shape index (κ2) is 6.90. The fourth-order valence-electron chi connectivity index (χ4n) is 0.790. The third kappa shape index (κ3) is 6.01. The summed E-state index contributed by atoms with van der Waals surface area (Å²) < 4.78 is 0. The molecule has 14 heavy (non-hydrogen) atoms. The maximum absolute atomic E-state index is 3.89. The van der Waals surface area contributed by atoms with Crippen molar-refractivity contribution in [2.24, 2.45) is 0 Å². The van der Waals surface area contributed by atoms with Crippen molar-refractivity contribution in [2.75, 3.05) is 0 Å². The molecule has 0 fully saturated rings. The summed E-state index contributed by atoms with van der Waals surface area (Å²) in [6.07, 6.45) is 11.6. The van der Waals surface area contributed by atoms with Gasteiger partial charge in [0.1, 0.15) is 0 Å². The average Bonchev–Trinajstić information content (AvgIpc) is 2.16. The molecule has 0 aromatic rings.